The molecule has 2 aliphatic carbocycles. The van der Waals surface area contributed by atoms with Crippen LogP contribution in [0.5, 0.6) is 5.75 Å². The van der Waals surface area contributed by atoms with Gasteiger partial charge in [-0.15, -0.1) is 0 Å². The number of benzene rings is 1. The highest BCUT2D eigenvalue weighted by molar-refractivity contribution is 5.39. The molecule has 1 heterocycles. The van der Waals surface area contributed by atoms with Gasteiger partial charge in [-0.25, -0.2) is 0 Å². The molecule has 2 nitrogen and oxygen atoms in total. The van der Waals surface area contributed by atoms with E-state index >= 15 is 0 Å². The van der Waals surface area contributed by atoms with E-state index in [1.807, 2.05) is 0 Å². The Morgan fingerprint density at radius 1 is 1.20 bits per heavy atom. The van der Waals surface area contributed by atoms with Crippen LogP contribution >= 0.6 is 0 Å². The molecular formula is C18H24O2. The number of hydrogen-bond acceptors (Lipinski definition) is 2. The Morgan fingerprint density at radius 2 is 2.00 bits per heavy atom. The first-order valence-electron chi connectivity index (χ1n) is 8.25. The molecule has 0 bridgehead atoms. The molecular weight excluding hydrogens is 248 g/mol. The summed E-state index contributed by atoms with van der Waals surface area (Å²) in [5.41, 5.74) is 2.70. The van der Waals surface area contributed by atoms with Crippen LogP contribution in [0, 0.1) is 17.8 Å². The van der Waals surface area contributed by atoms with Gasteiger partial charge in [-0.3, -0.25) is 0 Å². The molecule has 108 valence electrons. The molecule has 1 aromatic rings. The van der Waals surface area contributed by atoms with Gasteiger partial charge in [0.05, 0.1) is 12.7 Å². The normalized spacial score (nSPS) is 32.1. The molecule has 0 amide bonds. The minimum absolute atomic E-state index is 0.0763. The smallest absolute Gasteiger partial charge is 0.122 e. The standard InChI is InChI=1S/C18H24O2/c19-16(18-14-3-1-2-4-15(14)18)7-5-12-6-8-17-13(11-12)9-10-20-17/h6,8,11,14-16,18-19H,1-5,7,9-10H2. The molecule has 2 heteroatoms. The predicted molar refractivity (Wildman–Crippen MR) is 78.9 cm³/mol. The molecule has 1 aromatic carbocycles. The molecule has 2 fully saturated rings. The van der Waals surface area contributed by atoms with Gasteiger partial charge in [0, 0.05) is 6.42 Å². The number of fused-ring (bicyclic) bond motifs is 2. The van der Waals surface area contributed by atoms with Gasteiger partial charge in [0.15, 0.2) is 0 Å². The summed E-state index contributed by atoms with van der Waals surface area (Å²) in [5, 5.41) is 10.4. The second-order valence-electron chi connectivity index (χ2n) is 6.84. The fourth-order valence-electron chi connectivity index (χ4n) is 4.52. The van der Waals surface area contributed by atoms with Crippen LogP contribution in [0.4, 0.5) is 0 Å². The summed E-state index contributed by atoms with van der Waals surface area (Å²) in [7, 11) is 0. The highest BCUT2D eigenvalue weighted by Gasteiger charge is 2.53. The van der Waals surface area contributed by atoms with Gasteiger partial charge in [-0.2, -0.15) is 0 Å². The summed E-state index contributed by atoms with van der Waals surface area (Å²) in [6, 6.07) is 6.53. The van der Waals surface area contributed by atoms with Gasteiger partial charge < -0.3 is 9.84 Å². The van der Waals surface area contributed by atoms with Crippen molar-refractivity contribution in [3.8, 4) is 5.75 Å². The minimum Gasteiger partial charge on any atom is -0.493 e. The highest BCUT2D eigenvalue weighted by atomic mass is 16.5. The highest BCUT2D eigenvalue weighted by Crippen LogP contribution is 2.57. The number of aryl methyl sites for hydroxylation is 1. The van der Waals surface area contributed by atoms with Crippen molar-refractivity contribution in [2.75, 3.05) is 6.61 Å². The number of hydrogen-bond donors (Lipinski definition) is 1. The van der Waals surface area contributed by atoms with E-state index in [1.54, 1.807) is 0 Å². The Balaban J connectivity index is 1.34. The molecule has 3 atom stereocenters. The Labute approximate surface area is 121 Å². The zero-order chi connectivity index (χ0) is 13.5. The van der Waals surface area contributed by atoms with Gasteiger partial charge in [-0.1, -0.05) is 25.0 Å². The van der Waals surface area contributed by atoms with Crippen molar-refractivity contribution in [3.63, 3.8) is 0 Å². The summed E-state index contributed by atoms with van der Waals surface area (Å²) in [6.07, 6.45) is 8.39. The van der Waals surface area contributed by atoms with Gasteiger partial charge in [0.2, 0.25) is 0 Å². The first kappa shape index (κ1) is 12.7. The van der Waals surface area contributed by atoms with E-state index in [0.717, 1.165) is 43.5 Å². The lowest BCUT2D eigenvalue weighted by molar-refractivity contribution is 0.131. The monoisotopic (exact) mass is 272 g/mol. The Morgan fingerprint density at radius 3 is 2.80 bits per heavy atom. The molecule has 0 saturated heterocycles. The van der Waals surface area contributed by atoms with Crippen molar-refractivity contribution < 1.29 is 9.84 Å². The SMILES string of the molecule is OC(CCc1ccc2c(c1)CCO2)C1C2CCCCC21. The van der Waals surface area contributed by atoms with Crippen molar-refractivity contribution in [1.82, 2.24) is 0 Å². The van der Waals surface area contributed by atoms with Crippen LogP contribution in [0.1, 0.15) is 43.2 Å². The Hall–Kier alpha value is -1.02. The average Bonchev–Trinajstić information content (AvgIpc) is 3.03. The zero-order valence-corrected chi connectivity index (χ0v) is 12.1. The van der Waals surface area contributed by atoms with Gasteiger partial charge >= 0.3 is 0 Å². The van der Waals surface area contributed by atoms with Crippen LogP contribution in [0.2, 0.25) is 0 Å². The maximum Gasteiger partial charge on any atom is 0.122 e. The summed E-state index contributed by atoms with van der Waals surface area (Å²) in [6.45, 7) is 0.826. The van der Waals surface area contributed by atoms with Crippen molar-refractivity contribution >= 4 is 0 Å². The first-order valence-corrected chi connectivity index (χ1v) is 8.25. The van der Waals surface area contributed by atoms with E-state index in [2.05, 4.69) is 18.2 Å². The fraction of sp³-hybridized carbons (Fsp3) is 0.667. The van der Waals surface area contributed by atoms with E-state index in [1.165, 1.54) is 36.8 Å². The fourth-order valence-corrected chi connectivity index (χ4v) is 4.52. The number of rotatable bonds is 4. The average molecular weight is 272 g/mol. The van der Waals surface area contributed by atoms with Gasteiger partial charge in [0.25, 0.3) is 0 Å². The quantitative estimate of drug-likeness (QED) is 0.911. The number of aliphatic hydroxyl groups excluding tert-OH is 1. The lowest BCUT2D eigenvalue weighted by Gasteiger charge is -2.11. The van der Waals surface area contributed by atoms with Crippen LogP contribution in [0.25, 0.3) is 0 Å². The lowest BCUT2D eigenvalue weighted by atomic mass is 10.0. The molecule has 1 N–H and O–H groups in total. The van der Waals surface area contributed by atoms with Crippen LogP contribution in [0.15, 0.2) is 18.2 Å². The van der Waals surface area contributed by atoms with E-state index < -0.39 is 0 Å². The lowest BCUT2D eigenvalue weighted by Crippen LogP contribution is -2.12. The largest absolute Gasteiger partial charge is 0.493 e. The van der Waals surface area contributed by atoms with Gasteiger partial charge in [-0.05, 0) is 60.6 Å². The van der Waals surface area contributed by atoms with Crippen molar-refractivity contribution in [2.24, 2.45) is 17.8 Å². The van der Waals surface area contributed by atoms with E-state index in [4.69, 9.17) is 4.74 Å². The number of ether oxygens (including phenoxy) is 1. The second kappa shape index (κ2) is 5.07. The summed E-state index contributed by atoms with van der Waals surface area (Å²) >= 11 is 0. The van der Waals surface area contributed by atoms with Crippen LogP contribution in [-0.2, 0) is 12.8 Å². The van der Waals surface area contributed by atoms with Crippen LogP contribution in [-0.4, -0.2) is 17.8 Å². The van der Waals surface area contributed by atoms with E-state index in [9.17, 15) is 5.11 Å². The molecule has 3 unspecified atom stereocenters. The van der Waals surface area contributed by atoms with Gasteiger partial charge in [0.1, 0.15) is 5.75 Å². The summed E-state index contributed by atoms with van der Waals surface area (Å²) < 4.78 is 5.54. The van der Waals surface area contributed by atoms with Crippen molar-refractivity contribution in [1.29, 1.82) is 0 Å². The molecule has 0 radical (unpaired) electrons. The summed E-state index contributed by atoms with van der Waals surface area (Å²) in [5.74, 6) is 3.39. The Kier molecular flexibility index (Phi) is 3.22. The molecule has 2 saturated carbocycles. The molecule has 4 rings (SSSR count). The first-order chi connectivity index (χ1) is 9.83. The third kappa shape index (κ3) is 2.24. The van der Waals surface area contributed by atoms with Crippen LogP contribution < -0.4 is 4.74 Å². The topological polar surface area (TPSA) is 29.5 Å². The minimum atomic E-state index is -0.0763. The molecule has 20 heavy (non-hydrogen) atoms. The van der Waals surface area contributed by atoms with Crippen molar-refractivity contribution in [2.45, 2.75) is 51.0 Å². The van der Waals surface area contributed by atoms with E-state index in [-0.39, 0.29) is 6.10 Å². The number of aliphatic hydroxyl groups is 1. The predicted octanol–water partition coefficient (Wildman–Crippen LogP) is 3.35. The third-order valence-corrected chi connectivity index (χ3v) is 5.65. The molecule has 3 aliphatic rings. The molecule has 0 spiro atoms. The Bertz CT molecular complexity index is 484. The summed E-state index contributed by atoms with van der Waals surface area (Å²) in [4.78, 5) is 0. The maximum atomic E-state index is 10.4. The van der Waals surface area contributed by atoms with E-state index in [0.29, 0.717) is 5.92 Å². The zero-order valence-electron chi connectivity index (χ0n) is 12.1. The second-order valence-corrected chi connectivity index (χ2v) is 6.84. The molecule has 0 aromatic heterocycles. The maximum absolute atomic E-state index is 10.4. The van der Waals surface area contributed by atoms with Crippen LogP contribution in [0.3, 0.4) is 0 Å². The molecule has 1 aliphatic heterocycles. The van der Waals surface area contributed by atoms with Crippen molar-refractivity contribution in [3.05, 3.63) is 29.3 Å². The third-order valence-electron chi connectivity index (χ3n) is 5.65.